The lowest BCUT2D eigenvalue weighted by Gasteiger charge is -2.11. The van der Waals surface area contributed by atoms with Gasteiger partial charge < -0.3 is 5.73 Å². The lowest BCUT2D eigenvalue weighted by Crippen LogP contribution is -2.13. The highest BCUT2D eigenvalue weighted by Gasteiger charge is 2.35. The number of nitrogen functional groups attached to an aromatic ring is 1. The summed E-state index contributed by atoms with van der Waals surface area (Å²) in [5.74, 6) is 5.58. The summed E-state index contributed by atoms with van der Waals surface area (Å²) >= 11 is 0. The maximum absolute atomic E-state index is 13.6. The first-order valence-electron chi connectivity index (χ1n) is 8.56. The highest BCUT2D eigenvalue weighted by atomic mass is 19.4. The summed E-state index contributed by atoms with van der Waals surface area (Å²) in [6.45, 7) is -0.669. The van der Waals surface area contributed by atoms with Crippen molar-refractivity contribution in [3.63, 3.8) is 0 Å². The molecule has 150 valence electrons. The van der Waals surface area contributed by atoms with Crippen LogP contribution < -0.4 is 5.73 Å². The van der Waals surface area contributed by atoms with Crippen LogP contribution in [0.4, 0.5) is 23.5 Å². The van der Waals surface area contributed by atoms with Crippen molar-refractivity contribution in [2.75, 3.05) is 5.73 Å². The van der Waals surface area contributed by atoms with Gasteiger partial charge in [-0.3, -0.25) is 0 Å². The predicted octanol–water partition coefficient (Wildman–Crippen LogP) is 3.66. The van der Waals surface area contributed by atoms with Crippen molar-refractivity contribution in [3.05, 3.63) is 71.3 Å². The van der Waals surface area contributed by atoms with Crippen molar-refractivity contribution < 1.29 is 17.6 Å². The second-order valence-electron chi connectivity index (χ2n) is 6.23. The number of rotatable bonds is 2. The highest BCUT2D eigenvalue weighted by Crippen LogP contribution is 2.32. The Kier molecular flexibility index (Phi) is 4.79. The molecule has 0 aliphatic heterocycles. The number of nitrogens with two attached hydrogens (primary N) is 1. The minimum absolute atomic E-state index is 0.0572. The third kappa shape index (κ3) is 3.77. The first kappa shape index (κ1) is 19.3. The van der Waals surface area contributed by atoms with Crippen LogP contribution >= 0.6 is 0 Å². The summed E-state index contributed by atoms with van der Waals surface area (Å²) in [6, 6.07) is 6.91. The van der Waals surface area contributed by atoms with Crippen LogP contribution in [0.5, 0.6) is 0 Å². The third-order valence-corrected chi connectivity index (χ3v) is 4.18. The van der Waals surface area contributed by atoms with Crippen molar-refractivity contribution in [2.45, 2.75) is 12.9 Å². The minimum Gasteiger partial charge on any atom is -0.368 e. The molecule has 0 aliphatic carbocycles. The van der Waals surface area contributed by atoms with Crippen LogP contribution in [0.2, 0.25) is 0 Å². The Hall–Kier alpha value is -4.00. The fourth-order valence-corrected chi connectivity index (χ4v) is 2.71. The molecular weight excluding hydrogens is 400 g/mol. The number of halogens is 4. The van der Waals surface area contributed by atoms with Gasteiger partial charge in [0.2, 0.25) is 5.95 Å². The van der Waals surface area contributed by atoms with Gasteiger partial charge in [-0.2, -0.15) is 18.3 Å². The van der Waals surface area contributed by atoms with E-state index in [9.17, 15) is 17.6 Å². The summed E-state index contributed by atoms with van der Waals surface area (Å²) in [6.07, 6.45) is -0.671. The van der Waals surface area contributed by atoms with E-state index in [1.54, 1.807) is 0 Å². The summed E-state index contributed by atoms with van der Waals surface area (Å²) < 4.78 is 54.3. The van der Waals surface area contributed by atoms with Gasteiger partial charge in [0.25, 0.3) is 0 Å². The number of alkyl halides is 4. The molecule has 10 heteroatoms. The van der Waals surface area contributed by atoms with Crippen LogP contribution in [0.25, 0.3) is 16.9 Å². The Labute approximate surface area is 167 Å². The molecule has 0 unspecified atom stereocenters. The van der Waals surface area contributed by atoms with Crippen LogP contribution in [0.1, 0.15) is 22.4 Å². The average Bonchev–Trinajstić information content (AvgIpc) is 3.15. The van der Waals surface area contributed by atoms with E-state index >= 15 is 0 Å². The fourth-order valence-electron chi connectivity index (χ4n) is 2.71. The number of fused-ring (bicyclic) bond motifs is 1. The van der Waals surface area contributed by atoms with Gasteiger partial charge in [0.05, 0.1) is 23.0 Å². The van der Waals surface area contributed by atoms with E-state index in [1.807, 2.05) is 0 Å². The molecule has 2 N–H and O–H groups in total. The molecule has 0 amide bonds. The SMILES string of the molecule is Nc1ncc(C#Cc2cnn3c(C(F)(F)F)cc(-c4ccc(CF)cc4)nc23)cn1. The van der Waals surface area contributed by atoms with E-state index in [1.165, 1.54) is 42.9 Å². The van der Waals surface area contributed by atoms with E-state index in [-0.39, 0.29) is 22.9 Å². The van der Waals surface area contributed by atoms with Crippen molar-refractivity contribution in [3.8, 4) is 23.1 Å². The summed E-state index contributed by atoms with van der Waals surface area (Å²) in [7, 11) is 0. The molecule has 0 aliphatic rings. The topological polar surface area (TPSA) is 82.0 Å². The van der Waals surface area contributed by atoms with Gasteiger partial charge in [-0.15, -0.1) is 0 Å². The number of anilines is 1. The monoisotopic (exact) mass is 412 g/mol. The zero-order valence-corrected chi connectivity index (χ0v) is 15.2. The molecule has 0 saturated carbocycles. The molecule has 3 heterocycles. The second kappa shape index (κ2) is 7.44. The van der Waals surface area contributed by atoms with Crippen molar-refractivity contribution in [1.29, 1.82) is 0 Å². The first-order chi connectivity index (χ1) is 14.3. The molecule has 0 atom stereocenters. The highest BCUT2D eigenvalue weighted by molar-refractivity contribution is 5.66. The predicted molar refractivity (Wildman–Crippen MR) is 101 cm³/mol. The largest absolute Gasteiger partial charge is 0.433 e. The number of hydrogen-bond acceptors (Lipinski definition) is 5. The van der Waals surface area contributed by atoms with Crippen molar-refractivity contribution in [1.82, 2.24) is 24.6 Å². The van der Waals surface area contributed by atoms with Gasteiger partial charge >= 0.3 is 6.18 Å². The molecule has 30 heavy (non-hydrogen) atoms. The smallest absolute Gasteiger partial charge is 0.368 e. The van der Waals surface area contributed by atoms with Gasteiger partial charge in [-0.1, -0.05) is 36.1 Å². The third-order valence-electron chi connectivity index (χ3n) is 4.18. The number of aromatic nitrogens is 5. The molecule has 0 bridgehead atoms. The standard InChI is InChI=1S/C20H12F4N6/c21-8-12-1-4-14(5-2-12)16-7-17(20(22,23)24)30-18(29-16)15(11-28-30)6-3-13-9-26-19(25)27-10-13/h1-2,4-5,7,9-11H,8H2,(H2,25,26,27). The summed E-state index contributed by atoms with van der Waals surface area (Å²) in [5.41, 5.74) is 5.88. The zero-order chi connectivity index (χ0) is 21.3. The van der Waals surface area contributed by atoms with Crippen molar-refractivity contribution >= 4 is 11.6 Å². The summed E-state index contributed by atoms with van der Waals surface area (Å²) in [5, 5.41) is 3.80. The van der Waals surface area contributed by atoms with Crippen LogP contribution in [0.15, 0.2) is 48.9 Å². The van der Waals surface area contributed by atoms with Gasteiger partial charge in [-0.25, -0.2) is 23.9 Å². The minimum atomic E-state index is -4.67. The van der Waals surface area contributed by atoms with Crippen LogP contribution in [-0.4, -0.2) is 24.6 Å². The van der Waals surface area contributed by atoms with Crippen LogP contribution in [0, 0.1) is 11.8 Å². The van der Waals surface area contributed by atoms with Gasteiger partial charge in [-0.05, 0) is 11.6 Å². The molecule has 3 aromatic heterocycles. The Bertz CT molecular complexity index is 1270. The molecule has 6 nitrogen and oxygen atoms in total. The quantitative estimate of drug-likeness (QED) is 0.401. The number of hydrogen-bond donors (Lipinski definition) is 1. The van der Waals surface area contributed by atoms with Crippen molar-refractivity contribution in [2.24, 2.45) is 0 Å². The van der Waals surface area contributed by atoms with E-state index in [2.05, 4.69) is 31.9 Å². The van der Waals surface area contributed by atoms with E-state index in [0.29, 0.717) is 21.2 Å². The lowest BCUT2D eigenvalue weighted by atomic mass is 10.1. The Morgan fingerprint density at radius 3 is 2.33 bits per heavy atom. The molecule has 0 radical (unpaired) electrons. The van der Waals surface area contributed by atoms with Gasteiger partial charge in [0.15, 0.2) is 11.3 Å². The Morgan fingerprint density at radius 1 is 1.00 bits per heavy atom. The average molecular weight is 412 g/mol. The second-order valence-corrected chi connectivity index (χ2v) is 6.23. The molecule has 1 aromatic carbocycles. The van der Waals surface area contributed by atoms with E-state index in [0.717, 1.165) is 6.07 Å². The summed E-state index contributed by atoms with van der Waals surface area (Å²) in [4.78, 5) is 11.9. The lowest BCUT2D eigenvalue weighted by molar-refractivity contribution is -0.142. The Morgan fingerprint density at radius 2 is 1.70 bits per heavy atom. The zero-order valence-electron chi connectivity index (χ0n) is 15.2. The van der Waals surface area contributed by atoms with E-state index < -0.39 is 18.5 Å². The fraction of sp³-hybridized carbons (Fsp3) is 0.100. The normalized spacial score (nSPS) is 11.3. The molecule has 0 fully saturated rings. The van der Waals surface area contributed by atoms with Gasteiger partial charge in [0, 0.05) is 18.0 Å². The maximum atomic E-state index is 13.6. The van der Waals surface area contributed by atoms with E-state index in [4.69, 9.17) is 5.73 Å². The molecular formula is C20H12F4N6. The number of nitrogens with zero attached hydrogens (tertiary/aromatic N) is 5. The number of benzene rings is 1. The molecule has 0 spiro atoms. The van der Waals surface area contributed by atoms with Crippen LogP contribution in [-0.2, 0) is 12.9 Å². The molecule has 4 rings (SSSR count). The molecule has 4 aromatic rings. The van der Waals surface area contributed by atoms with Gasteiger partial charge in [0.1, 0.15) is 6.67 Å². The first-order valence-corrected chi connectivity index (χ1v) is 8.56. The molecule has 0 saturated heterocycles. The Balaban J connectivity index is 1.86. The maximum Gasteiger partial charge on any atom is 0.433 e. The van der Waals surface area contributed by atoms with Crippen LogP contribution in [0.3, 0.4) is 0 Å².